The van der Waals surface area contributed by atoms with Crippen LogP contribution < -0.4 is 10.6 Å². The van der Waals surface area contributed by atoms with Crippen LogP contribution in [0.3, 0.4) is 0 Å². The molecular formula is C23H29N3O3S. The van der Waals surface area contributed by atoms with Crippen LogP contribution in [0, 0.1) is 13.8 Å². The Morgan fingerprint density at radius 1 is 1.13 bits per heavy atom. The van der Waals surface area contributed by atoms with Crippen molar-refractivity contribution in [1.29, 1.82) is 0 Å². The Labute approximate surface area is 181 Å². The van der Waals surface area contributed by atoms with Gasteiger partial charge in [0.2, 0.25) is 0 Å². The Morgan fingerprint density at radius 3 is 2.53 bits per heavy atom. The van der Waals surface area contributed by atoms with Gasteiger partial charge >= 0.3 is 0 Å². The van der Waals surface area contributed by atoms with E-state index in [9.17, 15) is 9.59 Å². The molecule has 1 aromatic heterocycles. The molecule has 1 aliphatic heterocycles. The molecule has 7 heteroatoms. The van der Waals surface area contributed by atoms with Crippen molar-refractivity contribution in [2.24, 2.45) is 0 Å². The highest BCUT2D eigenvalue weighted by Gasteiger charge is 2.16. The number of thiophene rings is 1. The van der Waals surface area contributed by atoms with Crippen molar-refractivity contribution < 1.29 is 14.3 Å². The first kappa shape index (κ1) is 22.2. The Hall–Kier alpha value is -2.48. The predicted octanol–water partition coefficient (Wildman–Crippen LogP) is 2.97. The molecule has 0 unspecified atom stereocenters. The molecule has 1 aliphatic rings. The summed E-state index contributed by atoms with van der Waals surface area (Å²) in [4.78, 5) is 28.8. The minimum absolute atomic E-state index is 0.262. The highest BCUT2D eigenvalue weighted by molar-refractivity contribution is 7.11. The number of ether oxygens (including phenoxy) is 1. The smallest absolute Gasteiger partial charge is 0.267 e. The maximum atomic E-state index is 12.8. The summed E-state index contributed by atoms with van der Waals surface area (Å²) in [6.45, 7) is 8.83. The van der Waals surface area contributed by atoms with E-state index in [1.54, 1.807) is 29.5 Å². The summed E-state index contributed by atoms with van der Waals surface area (Å²) in [5.41, 5.74) is 2.93. The van der Waals surface area contributed by atoms with Gasteiger partial charge in [0.1, 0.15) is 5.70 Å². The maximum Gasteiger partial charge on any atom is 0.267 e. The Morgan fingerprint density at radius 2 is 1.87 bits per heavy atom. The number of morpholine rings is 1. The summed E-state index contributed by atoms with van der Waals surface area (Å²) in [6, 6.07) is 9.29. The summed E-state index contributed by atoms with van der Waals surface area (Å²) < 4.78 is 5.36. The number of rotatable bonds is 8. The van der Waals surface area contributed by atoms with Crippen molar-refractivity contribution in [3.8, 4) is 0 Å². The van der Waals surface area contributed by atoms with Gasteiger partial charge < -0.3 is 15.4 Å². The number of carbonyl (C=O) groups is 2. The van der Waals surface area contributed by atoms with Gasteiger partial charge in [-0.15, -0.1) is 11.3 Å². The van der Waals surface area contributed by atoms with Gasteiger partial charge in [0, 0.05) is 30.1 Å². The van der Waals surface area contributed by atoms with Crippen molar-refractivity contribution in [3.63, 3.8) is 0 Å². The van der Waals surface area contributed by atoms with Crippen LogP contribution in [0.15, 0.2) is 41.4 Å². The molecule has 3 rings (SSSR count). The molecule has 0 aliphatic carbocycles. The van der Waals surface area contributed by atoms with Crippen molar-refractivity contribution in [3.05, 3.63) is 63.0 Å². The molecule has 1 fully saturated rings. The minimum Gasteiger partial charge on any atom is -0.379 e. The van der Waals surface area contributed by atoms with E-state index in [-0.39, 0.29) is 17.5 Å². The molecule has 30 heavy (non-hydrogen) atoms. The topological polar surface area (TPSA) is 70.7 Å². The van der Waals surface area contributed by atoms with Crippen LogP contribution in [0.5, 0.6) is 0 Å². The zero-order valence-electron chi connectivity index (χ0n) is 17.6. The van der Waals surface area contributed by atoms with Crippen molar-refractivity contribution >= 4 is 29.2 Å². The highest BCUT2D eigenvalue weighted by atomic mass is 32.1. The Kier molecular flexibility index (Phi) is 8.19. The van der Waals surface area contributed by atoms with Crippen LogP contribution in [0.25, 0.3) is 6.08 Å². The minimum atomic E-state index is -0.293. The number of aryl methyl sites for hydroxylation is 2. The molecule has 2 N–H and O–H groups in total. The second-order valence-corrected chi connectivity index (χ2v) is 8.36. The van der Waals surface area contributed by atoms with Crippen LogP contribution in [0.4, 0.5) is 0 Å². The van der Waals surface area contributed by atoms with Gasteiger partial charge in [-0.25, -0.2) is 0 Å². The van der Waals surface area contributed by atoms with E-state index >= 15 is 0 Å². The third kappa shape index (κ3) is 6.52. The third-order valence-electron chi connectivity index (χ3n) is 5.02. The number of hydrogen-bond donors (Lipinski definition) is 2. The molecule has 1 aromatic carbocycles. The molecule has 1 saturated heterocycles. The lowest BCUT2D eigenvalue weighted by molar-refractivity contribution is -0.117. The van der Waals surface area contributed by atoms with E-state index in [1.807, 2.05) is 37.4 Å². The van der Waals surface area contributed by atoms with E-state index in [1.165, 1.54) is 0 Å². The van der Waals surface area contributed by atoms with Crippen molar-refractivity contribution in [2.45, 2.75) is 20.3 Å². The zero-order chi connectivity index (χ0) is 21.3. The predicted molar refractivity (Wildman–Crippen MR) is 121 cm³/mol. The lowest BCUT2D eigenvalue weighted by Gasteiger charge is -2.26. The summed E-state index contributed by atoms with van der Waals surface area (Å²) >= 11 is 1.54. The molecule has 0 atom stereocenters. The first-order valence-corrected chi connectivity index (χ1v) is 11.1. The number of nitrogens with one attached hydrogen (secondary N) is 2. The van der Waals surface area contributed by atoms with Crippen LogP contribution in [0.1, 0.15) is 32.8 Å². The van der Waals surface area contributed by atoms with Crippen LogP contribution in [-0.2, 0) is 9.53 Å². The first-order valence-electron chi connectivity index (χ1n) is 10.2. The van der Waals surface area contributed by atoms with Crippen LogP contribution in [0.2, 0.25) is 0 Å². The normalized spacial score (nSPS) is 15.1. The van der Waals surface area contributed by atoms with Gasteiger partial charge in [-0.05, 0) is 62.0 Å². The van der Waals surface area contributed by atoms with Gasteiger partial charge in [-0.2, -0.15) is 0 Å². The van der Waals surface area contributed by atoms with E-state index < -0.39 is 0 Å². The lowest BCUT2D eigenvalue weighted by Crippen LogP contribution is -2.39. The SMILES string of the molecule is Cc1ccc(C(=O)N/C(=C\c2sccc2C)C(=O)NCCCN2CCOCC2)cc1. The number of carbonyl (C=O) groups excluding carboxylic acids is 2. The average Bonchev–Trinajstić information content (AvgIpc) is 3.16. The van der Waals surface area contributed by atoms with Crippen LogP contribution >= 0.6 is 11.3 Å². The summed E-state index contributed by atoms with van der Waals surface area (Å²) in [7, 11) is 0. The van der Waals surface area contributed by atoms with Gasteiger partial charge in [-0.3, -0.25) is 14.5 Å². The second-order valence-electron chi connectivity index (χ2n) is 7.41. The standard InChI is InChI=1S/C23H29N3O3S/c1-17-4-6-19(7-5-17)22(27)25-20(16-21-18(2)8-15-30-21)23(28)24-9-3-10-26-11-13-29-14-12-26/h4-8,15-16H,3,9-14H2,1-2H3,(H,24,28)(H,25,27)/b20-16-. The molecule has 0 spiro atoms. The van der Waals surface area contributed by atoms with Crippen LogP contribution in [-0.4, -0.2) is 56.1 Å². The Bertz CT molecular complexity index is 883. The molecule has 0 saturated carbocycles. The number of benzene rings is 1. The van der Waals surface area contributed by atoms with Gasteiger partial charge in [-0.1, -0.05) is 17.7 Å². The average molecular weight is 428 g/mol. The molecule has 2 aromatic rings. The molecule has 2 amide bonds. The molecule has 2 heterocycles. The maximum absolute atomic E-state index is 12.8. The summed E-state index contributed by atoms with van der Waals surface area (Å²) in [5, 5.41) is 7.72. The summed E-state index contributed by atoms with van der Waals surface area (Å²) in [5.74, 6) is -0.566. The van der Waals surface area contributed by atoms with E-state index in [0.717, 1.165) is 55.3 Å². The summed E-state index contributed by atoms with van der Waals surface area (Å²) in [6.07, 6.45) is 2.60. The van der Waals surface area contributed by atoms with Gasteiger partial charge in [0.25, 0.3) is 11.8 Å². The zero-order valence-corrected chi connectivity index (χ0v) is 18.4. The number of hydrogen-bond acceptors (Lipinski definition) is 5. The largest absolute Gasteiger partial charge is 0.379 e. The first-order chi connectivity index (χ1) is 14.5. The quantitative estimate of drug-likeness (QED) is 0.502. The highest BCUT2D eigenvalue weighted by Crippen LogP contribution is 2.19. The fourth-order valence-electron chi connectivity index (χ4n) is 3.15. The van der Waals surface area contributed by atoms with E-state index in [4.69, 9.17) is 4.74 Å². The van der Waals surface area contributed by atoms with Crippen molar-refractivity contribution in [1.82, 2.24) is 15.5 Å². The molecular weight excluding hydrogens is 398 g/mol. The second kappa shape index (κ2) is 11.1. The third-order valence-corrected chi connectivity index (χ3v) is 5.99. The van der Waals surface area contributed by atoms with E-state index in [2.05, 4.69) is 15.5 Å². The fourth-order valence-corrected chi connectivity index (χ4v) is 4.00. The molecule has 6 nitrogen and oxygen atoms in total. The monoisotopic (exact) mass is 427 g/mol. The van der Waals surface area contributed by atoms with E-state index in [0.29, 0.717) is 12.1 Å². The number of amides is 2. The van der Waals surface area contributed by atoms with Gasteiger partial charge in [0.15, 0.2) is 0 Å². The molecule has 0 radical (unpaired) electrons. The lowest BCUT2D eigenvalue weighted by atomic mass is 10.1. The van der Waals surface area contributed by atoms with Crippen molar-refractivity contribution in [2.75, 3.05) is 39.4 Å². The molecule has 160 valence electrons. The Balaban J connectivity index is 1.62. The molecule has 0 bridgehead atoms. The fraction of sp³-hybridized carbons (Fsp3) is 0.391. The number of nitrogens with zero attached hydrogens (tertiary/aromatic N) is 1. The van der Waals surface area contributed by atoms with Gasteiger partial charge in [0.05, 0.1) is 13.2 Å².